The average molecular weight is 266 g/mol. The van der Waals surface area contributed by atoms with Gasteiger partial charge in [-0.05, 0) is 24.6 Å². The minimum absolute atomic E-state index is 0.0650. The summed E-state index contributed by atoms with van der Waals surface area (Å²) in [5.74, 6) is -0.0650. The van der Waals surface area contributed by atoms with Crippen molar-refractivity contribution in [1.29, 1.82) is 0 Å². The van der Waals surface area contributed by atoms with Crippen LogP contribution in [0.25, 0.3) is 0 Å². The van der Waals surface area contributed by atoms with Crippen LogP contribution in [-0.4, -0.2) is 37.4 Å². The molecule has 3 N–H and O–H groups in total. The normalized spacial score (nSPS) is 10.4. The molecule has 0 radical (unpaired) electrons. The second kappa shape index (κ2) is 9.49. The molecule has 0 heterocycles. The Balaban J connectivity index is 2.26. The zero-order valence-electron chi connectivity index (χ0n) is 11.3. The molecule has 0 aliphatic carbocycles. The zero-order chi connectivity index (χ0) is 13.9. The highest BCUT2D eigenvalue weighted by atomic mass is 16.5. The van der Waals surface area contributed by atoms with E-state index in [-0.39, 0.29) is 12.5 Å². The van der Waals surface area contributed by atoms with Crippen LogP contribution >= 0.6 is 0 Å². The lowest BCUT2D eigenvalue weighted by Gasteiger charge is -2.10. The minimum Gasteiger partial charge on any atom is -0.394 e. The Bertz CT molecular complexity index is 383. The van der Waals surface area contributed by atoms with Crippen LogP contribution < -0.4 is 10.6 Å². The molecule has 19 heavy (non-hydrogen) atoms. The summed E-state index contributed by atoms with van der Waals surface area (Å²) < 4.78 is 5.16. The fourth-order valence-corrected chi connectivity index (χ4v) is 1.67. The van der Waals surface area contributed by atoms with Crippen molar-refractivity contribution in [3.63, 3.8) is 0 Å². The zero-order valence-corrected chi connectivity index (χ0v) is 11.3. The second-order valence-corrected chi connectivity index (χ2v) is 4.20. The first-order valence-electron chi connectivity index (χ1n) is 6.49. The monoisotopic (exact) mass is 266 g/mol. The summed E-state index contributed by atoms with van der Waals surface area (Å²) in [5, 5.41) is 14.7. The second-order valence-electron chi connectivity index (χ2n) is 4.20. The molecule has 0 aromatic heterocycles. The maximum Gasteiger partial charge on any atom is 0.221 e. The molecule has 0 saturated heterocycles. The van der Waals surface area contributed by atoms with Crippen LogP contribution in [-0.2, 0) is 16.1 Å². The molecule has 5 heteroatoms. The summed E-state index contributed by atoms with van der Waals surface area (Å²) in [6, 6.07) is 7.73. The van der Waals surface area contributed by atoms with Crippen LogP contribution in [0.4, 0.5) is 5.69 Å². The van der Waals surface area contributed by atoms with Crippen LogP contribution in [0.2, 0.25) is 0 Å². The maximum atomic E-state index is 11.1. The number of carbonyl (C=O) groups is 1. The molecule has 0 spiro atoms. The van der Waals surface area contributed by atoms with Gasteiger partial charge in [0.15, 0.2) is 0 Å². The van der Waals surface area contributed by atoms with Gasteiger partial charge >= 0.3 is 0 Å². The van der Waals surface area contributed by atoms with Crippen molar-refractivity contribution >= 4 is 11.6 Å². The molecule has 1 amide bonds. The third-order valence-electron chi connectivity index (χ3n) is 2.52. The van der Waals surface area contributed by atoms with Gasteiger partial charge in [-0.15, -0.1) is 0 Å². The molecule has 0 aliphatic rings. The molecule has 5 nitrogen and oxygen atoms in total. The van der Waals surface area contributed by atoms with E-state index in [1.54, 1.807) is 0 Å². The fraction of sp³-hybridized carbons (Fsp3) is 0.500. The topological polar surface area (TPSA) is 70.6 Å². The van der Waals surface area contributed by atoms with Crippen molar-refractivity contribution in [3.05, 3.63) is 29.8 Å². The molecule has 0 saturated carbocycles. The summed E-state index contributed by atoms with van der Waals surface area (Å²) in [4.78, 5) is 11.1. The van der Waals surface area contributed by atoms with E-state index < -0.39 is 0 Å². The van der Waals surface area contributed by atoms with E-state index in [1.807, 2.05) is 24.3 Å². The summed E-state index contributed by atoms with van der Waals surface area (Å²) >= 11 is 0. The molecular formula is C14H22N2O3. The van der Waals surface area contributed by atoms with E-state index >= 15 is 0 Å². The maximum absolute atomic E-state index is 11.1. The number of benzene rings is 1. The van der Waals surface area contributed by atoms with Crippen molar-refractivity contribution in [3.8, 4) is 0 Å². The van der Waals surface area contributed by atoms with Gasteiger partial charge in [-0.3, -0.25) is 4.79 Å². The molecule has 0 bridgehead atoms. The third-order valence-corrected chi connectivity index (χ3v) is 2.52. The van der Waals surface area contributed by atoms with Gasteiger partial charge in [0, 0.05) is 25.8 Å². The number of hydrogen-bond donors (Lipinski definition) is 3. The summed E-state index contributed by atoms with van der Waals surface area (Å²) in [7, 11) is 0. The van der Waals surface area contributed by atoms with Crippen LogP contribution in [0.15, 0.2) is 24.3 Å². The summed E-state index contributed by atoms with van der Waals surface area (Å²) in [6.07, 6.45) is 0.891. The van der Waals surface area contributed by atoms with Gasteiger partial charge in [0.1, 0.15) is 0 Å². The lowest BCUT2D eigenvalue weighted by Crippen LogP contribution is -2.18. The molecule has 106 valence electrons. The Morgan fingerprint density at radius 3 is 2.84 bits per heavy atom. The molecule has 1 rings (SSSR count). The summed E-state index contributed by atoms with van der Waals surface area (Å²) in [6.45, 7) is 4.14. The lowest BCUT2D eigenvalue weighted by molar-refractivity contribution is -0.114. The van der Waals surface area contributed by atoms with Gasteiger partial charge in [-0.1, -0.05) is 18.2 Å². The first kappa shape index (κ1) is 15.6. The van der Waals surface area contributed by atoms with Crippen molar-refractivity contribution in [2.75, 3.05) is 31.7 Å². The Morgan fingerprint density at radius 2 is 2.11 bits per heavy atom. The number of hydrogen-bond acceptors (Lipinski definition) is 4. The smallest absolute Gasteiger partial charge is 0.221 e. The van der Waals surface area contributed by atoms with Crippen LogP contribution in [0.1, 0.15) is 18.9 Å². The van der Waals surface area contributed by atoms with E-state index in [4.69, 9.17) is 9.84 Å². The Kier molecular flexibility index (Phi) is 7.81. The molecule has 0 unspecified atom stereocenters. The molecular weight excluding hydrogens is 244 g/mol. The average Bonchev–Trinajstić information content (AvgIpc) is 2.39. The highest BCUT2D eigenvalue weighted by Crippen LogP contribution is 2.14. The number of ether oxygens (including phenoxy) is 1. The number of anilines is 1. The Labute approximate surface area is 114 Å². The molecule has 1 aromatic rings. The number of nitrogens with one attached hydrogen (secondary N) is 2. The van der Waals surface area contributed by atoms with Crippen molar-refractivity contribution in [2.45, 2.75) is 19.9 Å². The van der Waals surface area contributed by atoms with Gasteiger partial charge in [-0.2, -0.15) is 0 Å². The first-order chi connectivity index (χ1) is 9.24. The Morgan fingerprint density at radius 1 is 1.32 bits per heavy atom. The van der Waals surface area contributed by atoms with Gasteiger partial charge in [0.05, 0.1) is 13.2 Å². The predicted octanol–water partition coefficient (Wildman–Crippen LogP) is 1.13. The number of amides is 1. The van der Waals surface area contributed by atoms with Gasteiger partial charge in [0.2, 0.25) is 5.91 Å². The molecule has 0 atom stereocenters. The van der Waals surface area contributed by atoms with Crippen LogP contribution in [0.5, 0.6) is 0 Å². The quantitative estimate of drug-likeness (QED) is 0.586. The standard InChI is InChI=1S/C14H22N2O3/c1-12(18)16-14-6-3-2-5-13(14)11-15-7-4-9-19-10-8-17/h2-3,5-6,15,17H,4,7-11H2,1H3,(H,16,18). The van der Waals surface area contributed by atoms with Crippen LogP contribution in [0.3, 0.4) is 0 Å². The largest absolute Gasteiger partial charge is 0.394 e. The molecule has 1 aromatic carbocycles. The van der Waals surface area contributed by atoms with E-state index in [9.17, 15) is 4.79 Å². The van der Waals surface area contributed by atoms with Gasteiger partial charge in [0.25, 0.3) is 0 Å². The number of aliphatic hydroxyl groups excluding tert-OH is 1. The fourth-order valence-electron chi connectivity index (χ4n) is 1.67. The Hall–Kier alpha value is -1.43. The number of carbonyl (C=O) groups excluding carboxylic acids is 1. The highest BCUT2D eigenvalue weighted by Gasteiger charge is 2.02. The van der Waals surface area contributed by atoms with E-state index in [1.165, 1.54) is 6.92 Å². The van der Waals surface area contributed by atoms with Crippen molar-refractivity contribution < 1.29 is 14.6 Å². The summed E-state index contributed by atoms with van der Waals surface area (Å²) in [5.41, 5.74) is 1.91. The van der Waals surface area contributed by atoms with Crippen molar-refractivity contribution in [2.24, 2.45) is 0 Å². The molecule has 0 fully saturated rings. The van der Waals surface area contributed by atoms with Crippen LogP contribution in [0, 0.1) is 0 Å². The lowest BCUT2D eigenvalue weighted by atomic mass is 10.1. The number of para-hydroxylation sites is 1. The highest BCUT2D eigenvalue weighted by molar-refractivity contribution is 5.89. The van der Waals surface area contributed by atoms with E-state index in [0.717, 1.165) is 24.2 Å². The minimum atomic E-state index is -0.0650. The predicted molar refractivity (Wildman–Crippen MR) is 75.0 cm³/mol. The number of aliphatic hydroxyl groups is 1. The SMILES string of the molecule is CC(=O)Nc1ccccc1CNCCCOCCO. The first-order valence-corrected chi connectivity index (χ1v) is 6.49. The third kappa shape index (κ3) is 6.91. The van der Waals surface area contributed by atoms with Gasteiger partial charge in [-0.25, -0.2) is 0 Å². The van der Waals surface area contributed by atoms with E-state index in [2.05, 4.69) is 10.6 Å². The van der Waals surface area contributed by atoms with Crippen molar-refractivity contribution in [1.82, 2.24) is 5.32 Å². The van der Waals surface area contributed by atoms with E-state index in [0.29, 0.717) is 19.8 Å². The molecule has 0 aliphatic heterocycles. The van der Waals surface area contributed by atoms with Gasteiger partial charge < -0.3 is 20.5 Å². The number of rotatable bonds is 9.